The zero-order valence-corrected chi connectivity index (χ0v) is 16.4. The molecule has 0 aliphatic heterocycles. The molecule has 0 atom stereocenters. The Bertz CT molecular complexity index is 1230. The van der Waals surface area contributed by atoms with Crippen LogP contribution in [0.3, 0.4) is 0 Å². The van der Waals surface area contributed by atoms with E-state index in [0.29, 0.717) is 35.1 Å². The Hall–Kier alpha value is -3.36. The van der Waals surface area contributed by atoms with Crippen LogP contribution in [0.2, 0.25) is 0 Å². The highest BCUT2D eigenvalue weighted by Gasteiger charge is 2.16. The van der Waals surface area contributed by atoms with Gasteiger partial charge in [-0.2, -0.15) is 5.10 Å². The molecule has 3 N–H and O–H groups in total. The van der Waals surface area contributed by atoms with Gasteiger partial charge in [0, 0.05) is 18.6 Å². The lowest BCUT2D eigenvalue weighted by Gasteiger charge is -2.13. The largest absolute Gasteiger partial charge is 0.508 e. The molecule has 0 fully saturated rings. The topological polar surface area (TPSA) is 92.5 Å². The van der Waals surface area contributed by atoms with Crippen molar-refractivity contribution in [2.45, 2.75) is 0 Å². The van der Waals surface area contributed by atoms with Gasteiger partial charge in [-0.05, 0) is 47.9 Å². The molecule has 4 rings (SSSR count). The zero-order valence-electron chi connectivity index (χ0n) is 15.6. The van der Waals surface area contributed by atoms with Crippen LogP contribution in [0.4, 0.5) is 0 Å². The van der Waals surface area contributed by atoms with E-state index in [9.17, 15) is 10.2 Å². The number of ether oxygens (including phenoxy) is 2. The van der Waals surface area contributed by atoms with Crippen molar-refractivity contribution < 1.29 is 19.7 Å². The first-order chi connectivity index (χ1) is 14.1. The van der Waals surface area contributed by atoms with Crippen LogP contribution in [0, 0.1) is 4.77 Å². The average molecular weight is 409 g/mol. The SMILES string of the molecule is COCCOc1ccc2cccc(-n3c(-c4ccc(O)cc4O)n[nH]c3=S)c2c1. The molecule has 0 saturated carbocycles. The highest BCUT2D eigenvalue weighted by molar-refractivity contribution is 7.71. The number of benzene rings is 3. The lowest BCUT2D eigenvalue weighted by Crippen LogP contribution is -2.04. The van der Waals surface area contributed by atoms with Crippen LogP contribution in [0.1, 0.15) is 0 Å². The molecule has 4 aromatic rings. The number of hydrogen-bond donors (Lipinski definition) is 3. The van der Waals surface area contributed by atoms with Crippen LogP contribution in [0.5, 0.6) is 17.2 Å². The van der Waals surface area contributed by atoms with Crippen molar-refractivity contribution in [3.8, 4) is 34.3 Å². The summed E-state index contributed by atoms with van der Waals surface area (Å²) in [5.74, 6) is 1.02. The van der Waals surface area contributed by atoms with Crippen molar-refractivity contribution in [3.05, 3.63) is 59.4 Å². The van der Waals surface area contributed by atoms with Crippen LogP contribution in [-0.2, 0) is 4.74 Å². The van der Waals surface area contributed by atoms with Crippen LogP contribution in [-0.4, -0.2) is 45.3 Å². The van der Waals surface area contributed by atoms with E-state index in [4.69, 9.17) is 21.7 Å². The summed E-state index contributed by atoms with van der Waals surface area (Å²) in [6.45, 7) is 0.943. The van der Waals surface area contributed by atoms with Crippen LogP contribution in [0.15, 0.2) is 54.6 Å². The van der Waals surface area contributed by atoms with Crippen molar-refractivity contribution >= 4 is 23.0 Å². The lowest BCUT2D eigenvalue weighted by molar-refractivity contribution is 0.146. The van der Waals surface area contributed by atoms with Gasteiger partial charge in [0.25, 0.3) is 0 Å². The number of rotatable bonds is 6. The molecule has 0 saturated heterocycles. The van der Waals surface area contributed by atoms with Gasteiger partial charge in [0.05, 0.1) is 17.9 Å². The summed E-state index contributed by atoms with van der Waals surface area (Å²) in [7, 11) is 1.63. The zero-order chi connectivity index (χ0) is 20.4. The molecule has 0 spiro atoms. The number of hydrogen-bond acceptors (Lipinski definition) is 6. The van der Waals surface area contributed by atoms with Crippen LogP contribution >= 0.6 is 12.2 Å². The molecule has 0 aliphatic carbocycles. The van der Waals surface area contributed by atoms with E-state index in [1.165, 1.54) is 12.1 Å². The number of nitrogens with one attached hydrogen (secondary N) is 1. The number of aromatic nitrogens is 3. The Balaban J connectivity index is 1.88. The van der Waals surface area contributed by atoms with Crippen molar-refractivity contribution in [2.24, 2.45) is 0 Å². The van der Waals surface area contributed by atoms with Gasteiger partial charge in [0.15, 0.2) is 10.6 Å². The lowest BCUT2D eigenvalue weighted by atomic mass is 10.1. The molecule has 1 heterocycles. The molecule has 0 bridgehead atoms. The molecular weight excluding hydrogens is 390 g/mol. The Morgan fingerprint density at radius 3 is 2.72 bits per heavy atom. The molecule has 7 nitrogen and oxygen atoms in total. The Morgan fingerprint density at radius 1 is 1.07 bits per heavy atom. The third-order valence-electron chi connectivity index (χ3n) is 4.52. The fourth-order valence-corrected chi connectivity index (χ4v) is 3.40. The van der Waals surface area contributed by atoms with E-state index in [0.717, 1.165) is 16.5 Å². The minimum atomic E-state index is -0.0934. The first kappa shape index (κ1) is 19.0. The fraction of sp³-hybridized carbons (Fsp3) is 0.143. The van der Waals surface area contributed by atoms with E-state index >= 15 is 0 Å². The summed E-state index contributed by atoms with van der Waals surface area (Å²) >= 11 is 5.47. The molecule has 1 aromatic heterocycles. The first-order valence-corrected chi connectivity index (χ1v) is 9.34. The molecule has 148 valence electrons. The molecule has 0 radical (unpaired) electrons. The fourth-order valence-electron chi connectivity index (χ4n) is 3.17. The maximum Gasteiger partial charge on any atom is 0.200 e. The van der Waals surface area contributed by atoms with Gasteiger partial charge >= 0.3 is 0 Å². The smallest absolute Gasteiger partial charge is 0.200 e. The Labute approximate surface area is 171 Å². The second kappa shape index (κ2) is 7.94. The summed E-state index contributed by atoms with van der Waals surface area (Å²) in [5.41, 5.74) is 1.24. The van der Waals surface area contributed by atoms with Crippen molar-refractivity contribution in [3.63, 3.8) is 0 Å². The summed E-state index contributed by atoms with van der Waals surface area (Å²) in [4.78, 5) is 0. The molecule has 3 aromatic carbocycles. The summed E-state index contributed by atoms with van der Waals surface area (Å²) in [6.07, 6.45) is 0. The van der Waals surface area contributed by atoms with E-state index in [1.807, 2.05) is 36.4 Å². The Morgan fingerprint density at radius 2 is 1.93 bits per heavy atom. The van der Waals surface area contributed by atoms with Gasteiger partial charge in [0.2, 0.25) is 0 Å². The summed E-state index contributed by atoms with van der Waals surface area (Å²) in [5, 5.41) is 28.9. The molecule has 0 amide bonds. The quantitative estimate of drug-likeness (QED) is 0.327. The number of methoxy groups -OCH3 is 1. The minimum absolute atomic E-state index is 0.0325. The molecule has 0 aliphatic rings. The minimum Gasteiger partial charge on any atom is -0.508 e. The molecule has 0 unspecified atom stereocenters. The standard InChI is InChI=1S/C21H19N3O4S/c1-27-9-10-28-15-7-5-13-3-2-4-18(17(13)12-15)24-20(22-23-21(24)29)16-8-6-14(25)11-19(16)26/h2-8,11-12,25-26H,9-10H2,1H3,(H,23,29). The van der Waals surface area contributed by atoms with E-state index in [-0.39, 0.29) is 11.5 Å². The van der Waals surface area contributed by atoms with Crippen LogP contribution < -0.4 is 4.74 Å². The monoisotopic (exact) mass is 409 g/mol. The number of fused-ring (bicyclic) bond motifs is 1. The van der Waals surface area contributed by atoms with Gasteiger partial charge in [-0.3, -0.25) is 9.67 Å². The highest BCUT2D eigenvalue weighted by atomic mass is 32.1. The summed E-state index contributed by atoms with van der Waals surface area (Å²) < 4.78 is 12.9. The number of phenols is 2. The highest BCUT2D eigenvalue weighted by Crippen LogP contribution is 2.34. The van der Waals surface area contributed by atoms with E-state index in [2.05, 4.69) is 10.2 Å². The first-order valence-electron chi connectivity index (χ1n) is 8.93. The number of H-pyrrole nitrogens is 1. The van der Waals surface area contributed by atoms with Gasteiger partial charge in [-0.25, -0.2) is 0 Å². The summed E-state index contributed by atoms with van der Waals surface area (Å²) in [6, 6.07) is 16.0. The second-order valence-corrected chi connectivity index (χ2v) is 6.78. The molecular formula is C21H19N3O4S. The Kier molecular flexibility index (Phi) is 5.20. The van der Waals surface area contributed by atoms with Crippen LogP contribution in [0.25, 0.3) is 27.8 Å². The predicted octanol–water partition coefficient (Wildman–Crippen LogP) is 4.19. The maximum absolute atomic E-state index is 10.3. The number of aromatic hydroxyl groups is 2. The third-order valence-corrected chi connectivity index (χ3v) is 4.80. The normalized spacial score (nSPS) is 11.1. The third kappa shape index (κ3) is 3.67. The number of phenolic OH excluding ortho intramolecular Hbond substituents is 2. The van der Waals surface area contributed by atoms with Crippen molar-refractivity contribution in [2.75, 3.05) is 20.3 Å². The van der Waals surface area contributed by atoms with Crippen molar-refractivity contribution in [1.82, 2.24) is 14.8 Å². The predicted molar refractivity (Wildman–Crippen MR) is 112 cm³/mol. The number of nitrogens with zero attached hydrogens (tertiary/aromatic N) is 2. The average Bonchev–Trinajstić information content (AvgIpc) is 3.08. The second-order valence-electron chi connectivity index (χ2n) is 6.39. The molecule has 29 heavy (non-hydrogen) atoms. The van der Waals surface area contributed by atoms with Crippen molar-refractivity contribution in [1.29, 1.82) is 0 Å². The maximum atomic E-state index is 10.3. The van der Waals surface area contributed by atoms with E-state index < -0.39 is 0 Å². The van der Waals surface area contributed by atoms with Gasteiger partial charge in [-0.1, -0.05) is 18.2 Å². The van der Waals surface area contributed by atoms with Gasteiger partial charge in [0.1, 0.15) is 23.9 Å². The number of aromatic amines is 1. The molecule has 8 heteroatoms. The van der Waals surface area contributed by atoms with Gasteiger partial charge < -0.3 is 19.7 Å². The van der Waals surface area contributed by atoms with Gasteiger partial charge in [-0.15, -0.1) is 0 Å². The van der Waals surface area contributed by atoms with E-state index in [1.54, 1.807) is 17.7 Å².